The van der Waals surface area contributed by atoms with E-state index in [1.54, 1.807) is 29.8 Å². The molecule has 1 atom stereocenters. The van der Waals surface area contributed by atoms with Gasteiger partial charge in [-0.3, -0.25) is 0 Å². The first-order valence-corrected chi connectivity index (χ1v) is 7.52. The highest BCUT2D eigenvalue weighted by Gasteiger charge is 2.18. The van der Waals surface area contributed by atoms with Gasteiger partial charge in [0.15, 0.2) is 0 Å². The summed E-state index contributed by atoms with van der Waals surface area (Å²) in [5.41, 5.74) is 0. The van der Waals surface area contributed by atoms with Crippen LogP contribution in [0, 0.1) is 0 Å². The Bertz CT molecular complexity index is 544. The average Bonchev–Trinajstić information content (AvgIpc) is 2.87. The van der Waals surface area contributed by atoms with Crippen molar-refractivity contribution in [1.29, 1.82) is 0 Å². The Morgan fingerprint density at radius 2 is 2.24 bits per heavy atom. The Hall–Kier alpha value is -1.11. The SMILES string of the molecule is CC(Cc1ccco1)NS(=O)(=O)c1cccs1. The van der Waals surface area contributed by atoms with Crippen molar-refractivity contribution in [3.05, 3.63) is 41.7 Å². The minimum Gasteiger partial charge on any atom is -0.469 e. The fourth-order valence-electron chi connectivity index (χ4n) is 1.51. The molecule has 6 heteroatoms. The van der Waals surface area contributed by atoms with E-state index in [0.29, 0.717) is 10.6 Å². The number of sulfonamides is 1. The summed E-state index contributed by atoms with van der Waals surface area (Å²) in [7, 11) is -3.39. The molecule has 2 aromatic rings. The molecule has 0 fully saturated rings. The fraction of sp³-hybridized carbons (Fsp3) is 0.273. The number of hydrogen-bond donors (Lipinski definition) is 1. The van der Waals surface area contributed by atoms with Crippen LogP contribution in [0.4, 0.5) is 0 Å². The zero-order valence-electron chi connectivity index (χ0n) is 9.29. The molecule has 0 aliphatic rings. The van der Waals surface area contributed by atoms with Gasteiger partial charge in [-0.05, 0) is 30.5 Å². The molecule has 0 radical (unpaired) electrons. The Morgan fingerprint density at radius 3 is 2.82 bits per heavy atom. The summed E-state index contributed by atoms with van der Waals surface area (Å²) in [5.74, 6) is 0.770. The van der Waals surface area contributed by atoms with Crippen LogP contribution in [-0.2, 0) is 16.4 Å². The van der Waals surface area contributed by atoms with Crippen LogP contribution in [0.1, 0.15) is 12.7 Å². The molecule has 1 N–H and O–H groups in total. The van der Waals surface area contributed by atoms with Gasteiger partial charge >= 0.3 is 0 Å². The number of hydrogen-bond acceptors (Lipinski definition) is 4. The molecular weight excluding hydrogens is 258 g/mol. The second-order valence-corrected chi connectivity index (χ2v) is 6.63. The first-order valence-electron chi connectivity index (χ1n) is 5.16. The highest BCUT2D eigenvalue weighted by atomic mass is 32.2. The fourth-order valence-corrected chi connectivity index (χ4v) is 3.76. The third-order valence-electron chi connectivity index (χ3n) is 2.20. The van der Waals surface area contributed by atoms with Gasteiger partial charge in [0.25, 0.3) is 0 Å². The second-order valence-electron chi connectivity index (χ2n) is 3.74. The second kappa shape index (κ2) is 5.03. The molecular formula is C11H13NO3S2. The minimum atomic E-state index is -3.39. The van der Waals surface area contributed by atoms with Gasteiger partial charge in [0.05, 0.1) is 6.26 Å². The van der Waals surface area contributed by atoms with Crippen LogP contribution in [0.3, 0.4) is 0 Å². The van der Waals surface area contributed by atoms with Gasteiger partial charge in [0.2, 0.25) is 10.0 Å². The van der Waals surface area contributed by atoms with Crippen LogP contribution in [0.25, 0.3) is 0 Å². The van der Waals surface area contributed by atoms with Crippen molar-refractivity contribution >= 4 is 21.4 Å². The molecule has 0 saturated carbocycles. The predicted octanol–water partition coefficient (Wildman–Crippen LogP) is 2.25. The van der Waals surface area contributed by atoms with E-state index in [-0.39, 0.29) is 6.04 Å². The van der Waals surface area contributed by atoms with Crippen LogP contribution in [0.5, 0.6) is 0 Å². The number of rotatable bonds is 5. The number of nitrogens with one attached hydrogen (secondary N) is 1. The molecule has 0 bridgehead atoms. The molecule has 17 heavy (non-hydrogen) atoms. The van der Waals surface area contributed by atoms with E-state index in [1.165, 1.54) is 11.3 Å². The summed E-state index contributed by atoms with van der Waals surface area (Å²) in [6, 6.07) is 6.72. The molecule has 92 valence electrons. The third-order valence-corrected chi connectivity index (χ3v) is 5.19. The summed E-state index contributed by atoms with van der Waals surface area (Å²) >= 11 is 1.21. The van der Waals surface area contributed by atoms with E-state index >= 15 is 0 Å². The Kier molecular flexibility index (Phi) is 3.66. The van der Waals surface area contributed by atoms with Crippen LogP contribution in [0.15, 0.2) is 44.5 Å². The zero-order valence-corrected chi connectivity index (χ0v) is 10.9. The van der Waals surface area contributed by atoms with Gasteiger partial charge in [-0.15, -0.1) is 11.3 Å². The molecule has 2 heterocycles. The van der Waals surface area contributed by atoms with Gasteiger partial charge in [-0.25, -0.2) is 13.1 Å². The molecule has 0 saturated heterocycles. The van der Waals surface area contributed by atoms with Gasteiger partial charge in [-0.2, -0.15) is 0 Å². The van der Waals surface area contributed by atoms with Gasteiger partial charge < -0.3 is 4.42 Å². The summed E-state index contributed by atoms with van der Waals surface area (Å²) in [4.78, 5) is 0. The summed E-state index contributed by atoms with van der Waals surface area (Å²) < 4.78 is 31.9. The zero-order chi connectivity index (χ0) is 12.3. The summed E-state index contributed by atoms with van der Waals surface area (Å²) in [5, 5.41) is 1.74. The van der Waals surface area contributed by atoms with E-state index < -0.39 is 10.0 Å². The summed E-state index contributed by atoms with van der Waals surface area (Å²) in [6.07, 6.45) is 2.12. The third kappa shape index (κ3) is 3.18. The van der Waals surface area contributed by atoms with E-state index in [9.17, 15) is 8.42 Å². The van der Waals surface area contributed by atoms with Crippen molar-refractivity contribution in [2.24, 2.45) is 0 Å². The molecule has 2 rings (SSSR count). The molecule has 0 aliphatic carbocycles. The molecule has 4 nitrogen and oxygen atoms in total. The van der Waals surface area contributed by atoms with E-state index in [4.69, 9.17) is 4.42 Å². The maximum Gasteiger partial charge on any atom is 0.250 e. The lowest BCUT2D eigenvalue weighted by molar-refractivity contribution is 0.479. The molecule has 0 aliphatic heterocycles. The van der Waals surface area contributed by atoms with Crippen molar-refractivity contribution in [2.45, 2.75) is 23.6 Å². The number of thiophene rings is 1. The first-order chi connectivity index (χ1) is 8.08. The predicted molar refractivity (Wildman–Crippen MR) is 66.5 cm³/mol. The lowest BCUT2D eigenvalue weighted by atomic mass is 10.2. The van der Waals surface area contributed by atoms with E-state index in [1.807, 2.05) is 13.0 Å². The van der Waals surface area contributed by atoms with Crippen LogP contribution >= 0.6 is 11.3 Å². The van der Waals surface area contributed by atoms with Crippen LogP contribution in [-0.4, -0.2) is 14.5 Å². The quantitative estimate of drug-likeness (QED) is 0.907. The Labute approximate surface area is 104 Å². The molecule has 0 amide bonds. The van der Waals surface area contributed by atoms with Crippen LogP contribution in [0.2, 0.25) is 0 Å². The van der Waals surface area contributed by atoms with Crippen molar-refractivity contribution < 1.29 is 12.8 Å². The maximum atomic E-state index is 11.9. The lowest BCUT2D eigenvalue weighted by Crippen LogP contribution is -2.33. The van der Waals surface area contributed by atoms with Crippen molar-refractivity contribution in [2.75, 3.05) is 0 Å². The van der Waals surface area contributed by atoms with E-state index in [2.05, 4.69) is 4.72 Å². The molecule has 1 unspecified atom stereocenters. The summed E-state index contributed by atoms with van der Waals surface area (Å²) in [6.45, 7) is 1.81. The highest BCUT2D eigenvalue weighted by molar-refractivity contribution is 7.91. The van der Waals surface area contributed by atoms with Gasteiger partial charge in [0.1, 0.15) is 9.97 Å². The van der Waals surface area contributed by atoms with Crippen molar-refractivity contribution in [1.82, 2.24) is 4.72 Å². The monoisotopic (exact) mass is 271 g/mol. The highest BCUT2D eigenvalue weighted by Crippen LogP contribution is 2.16. The van der Waals surface area contributed by atoms with Crippen molar-refractivity contribution in [3.63, 3.8) is 0 Å². The molecule has 0 aromatic carbocycles. The smallest absolute Gasteiger partial charge is 0.250 e. The maximum absolute atomic E-state index is 11.9. The standard InChI is InChI=1S/C11H13NO3S2/c1-9(8-10-4-2-6-15-10)12-17(13,14)11-5-3-7-16-11/h2-7,9,12H,8H2,1H3. The van der Waals surface area contributed by atoms with Gasteiger partial charge in [-0.1, -0.05) is 6.07 Å². The lowest BCUT2D eigenvalue weighted by Gasteiger charge is -2.11. The van der Waals surface area contributed by atoms with Gasteiger partial charge in [0, 0.05) is 12.5 Å². The topological polar surface area (TPSA) is 59.3 Å². The number of furan rings is 1. The van der Waals surface area contributed by atoms with Crippen LogP contribution < -0.4 is 4.72 Å². The minimum absolute atomic E-state index is 0.201. The first kappa shape index (κ1) is 12.3. The van der Waals surface area contributed by atoms with E-state index in [0.717, 1.165) is 5.76 Å². The average molecular weight is 271 g/mol. The Balaban J connectivity index is 2.01. The van der Waals surface area contributed by atoms with Crippen molar-refractivity contribution in [3.8, 4) is 0 Å². The molecule has 0 spiro atoms. The largest absolute Gasteiger partial charge is 0.469 e. The molecule has 2 aromatic heterocycles. The normalized spacial score (nSPS) is 13.7. The Morgan fingerprint density at radius 1 is 1.41 bits per heavy atom.